The molecular weight excluding hydrogens is 1310 g/mol. The van der Waals surface area contributed by atoms with Crippen LogP contribution in [0.25, 0.3) is 0 Å². The molecule has 0 aliphatic heterocycles. The van der Waals surface area contributed by atoms with Crippen molar-refractivity contribution in [1.29, 1.82) is 0 Å². The first-order chi connectivity index (χ1) is 47.7. The molecule has 0 aromatic rings. The van der Waals surface area contributed by atoms with Crippen molar-refractivity contribution in [2.75, 3.05) is 39.3 Å². The van der Waals surface area contributed by atoms with Gasteiger partial charge in [-0.2, -0.15) is 26.3 Å². The number of unbranched alkanes of at least 4 members (excludes halogenated alkanes) is 40. The van der Waals surface area contributed by atoms with Crippen molar-refractivity contribution >= 4 is 59.3 Å². The van der Waals surface area contributed by atoms with Crippen molar-refractivity contribution in [2.24, 2.45) is 38.7 Å². The van der Waals surface area contributed by atoms with Gasteiger partial charge >= 0.3 is 24.3 Å². The van der Waals surface area contributed by atoms with E-state index >= 15 is 0 Å². The van der Waals surface area contributed by atoms with E-state index in [9.17, 15) is 55.1 Å². The fourth-order valence-corrected chi connectivity index (χ4v) is 11.1. The van der Waals surface area contributed by atoms with E-state index in [2.05, 4.69) is 45.1 Å². The van der Waals surface area contributed by atoms with Crippen LogP contribution in [0.1, 0.15) is 335 Å². The minimum atomic E-state index is -5.08. The molecule has 16 N–H and O–H groups in total. The lowest BCUT2D eigenvalue weighted by Gasteiger charge is -2.24. The Balaban J connectivity index is -0.00000601. The Morgan fingerprint density at radius 3 is 0.870 bits per heavy atom. The van der Waals surface area contributed by atoms with Crippen LogP contribution in [-0.4, -0.2) is 138 Å². The number of aliphatic carboxylic acids is 2. The minimum Gasteiger partial charge on any atom is -0.475 e. The SMILES string of the molecule is CCCCCCCCCCCCCCCCCCCCCCCC(=O)NCCN(CCNC(=O)CCCCCCCCCCCCCCCCCCCCCCC)C(=O)CCC(=O)N[C@@H](CCCN=C(N)N)C(=O)N[C@@H](CCCN=C(N)N)C(N)=O.O=C(O)C(F)(F)F.O=C(O)C(F)(F)F. The minimum absolute atomic E-state index is 0.0654. The van der Waals surface area contributed by atoms with Gasteiger partial charge in [-0.3, -0.25) is 38.8 Å². The summed E-state index contributed by atoms with van der Waals surface area (Å²) >= 11 is 0. The predicted molar refractivity (Wildman–Crippen MR) is 387 cm³/mol. The van der Waals surface area contributed by atoms with Crippen molar-refractivity contribution in [3.63, 3.8) is 0 Å². The number of rotatable bonds is 65. The second-order valence-electron chi connectivity index (χ2n) is 26.3. The normalized spacial score (nSPS) is 11.8. The smallest absolute Gasteiger partial charge is 0.475 e. The highest BCUT2D eigenvalue weighted by Gasteiger charge is 2.39. The molecule has 0 fully saturated rings. The first-order valence-electron chi connectivity index (χ1n) is 38.1. The standard InChI is InChI=1S/C68H134N12O6.2C2HF3O2/c1-3-5-7-9-11-13-15-17-19-21-23-25-27-29-31-33-35-37-39-41-43-49-61(81)74-55-57-80(58-56-75-62(82)50-44-42-40-38-36-34-32-30-28-26-24-22-20-18-16-14-12-10-8-6-4-2)64(84)52-51-63(83)78-60(48-46-54-77-68(72)73)66(86)79-59(65(69)85)47-45-53-76-67(70)71;2*3-2(4,5)1(6)7/h59-60H,3-58H2,1-2H3,(H2,69,85)(H,74,81)(H,75,82)(H,78,83)(H,79,86)(H4,70,71,76)(H4,72,73,77);2*(H,6,7)/t59-,60-;;/m0../s1. The summed E-state index contributed by atoms with van der Waals surface area (Å²) in [5.74, 6) is -8.14. The van der Waals surface area contributed by atoms with Gasteiger partial charge in [0.25, 0.3) is 0 Å². The number of nitrogens with two attached hydrogens (primary N) is 5. The summed E-state index contributed by atoms with van der Waals surface area (Å²) in [4.78, 5) is 106. The van der Waals surface area contributed by atoms with Crippen LogP contribution in [0, 0.1) is 0 Å². The van der Waals surface area contributed by atoms with Crippen LogP contribution in [0.2, 0.25) is 0 Å². The molecule has 0 rings (SSSR count). The van der Waals surface area contributed by atoms with Crippen molar-refractivity contribution in [1.82, 2.24) is 26.2 Å². The summed E-state index contributed by atoms with van der Waals surface area (Å²) in [6.07, 6.45) is 46.0. The molecule has 28 heteroatoms. The molecule has 100 heavy (non-hydrogen) atoms. The van der Waals surface area contributed by atoms with E-state index in [1.807, 2.05) is 0 Å². The highest BCUT2D eigenvalue weighted by molar-refractivity contribution is 5.92. The molecule has 0 aromatic heterocycles. The van der Waals surface area contributed by atoms with E-state index in [1.165, 1.54) is 231 Å². The van der Waals surface area contributed by atoms with Gasteiger partial charge in [0.05, 0.1) is 0 Å². The molecule has 0 aliphatic carbocycles. The van der Waals surface area contributed by atoms with Crippen LogP contribution in [-0.2, 0) is 38.4 Å². The van der Waals surface area contributed by atoms with Crippen molar-refractivity contribution in [3.05, 3.63) is 0 Å². The first kappa shape index (κ1) is 98.1. The van der Waals surface area contributed by atoms with Crippen LogP contribution in [0.4, 0.5) is 26.3 Å². The van der Waals surface area contributed by atoms with E-state index in [0.717, 1.165) is 38.5 Å². The summed E-state index contributed by atoms with van der Waals surface area (Å²) in [6.45, 7) is 5.84. The van der Waals surface area contributed by atoms with Crippen LogP contribution < -0.4 is 49.9 Å². The maximum absolute atomic E-state index is 13.8. The molecule has 0 aliphatic rings. The van der Waals surface area contributed by atoms with Crippen LogP contribution in [0.15, 0.2) is 9.98 Å². The highest BCUT2D eigenvalue weighted by Crippen LogP contribution is 2.19. The number of hydrogen-bond donors (Lipinski definition) is 11. The van der Waals surface area contributed by atoms with Gasteiger partial charge in [0, 0.05) is 65.0 Å². The second-order valence-corrected chi connectivity index (χ2v) is 26.3. The lowest BCUT2D eigenvalue weighted by molar-refractivity contribution is -0.193. The number of nitrogens with zero attached hydrogens (tertiary/aromatic N) is 3. The van der Waals surface area contributed by atoms with Crippen molar-refractivity contribution in [3.8, 4) is 0 Å². The molecule has 2 atom stereocenters. The summed E-state index contributed by atoms with van der Waals surface area (Å²) in [5, 5.41) is 25.5. The largest absolute Gasteiger partial charge is 0.490 e. The maximum atomic E-state index is 13.8. The fourth-order valence-electron chi connectivity index (χ4n) is 11.1. The summed E-state index contributed by atoms with van der Waals surface area (Å²) < 4.78 is 63.5. The molecule has 0 unspecified atom stereocenters. The van der Waals surface area contributed by atoms with Gasteiger partial charge in [0.15, 0.2) is 11.9 Å². The molecule has 0 aromatic carbocycles. The number of aliphatic imine (C=N–C) groups is 2. The van der Waals surface area contributed by atoms with E-state index in [1.54, 1.807) is 4.90 Å². The number of guanidine groups is 2. The lowest BCUT2D eigenvalue weighted by atomic mass is 10.0. The zero-order valence-corrected chi connectivity index (χ0v) is 61.4. The summed E-state index contributed by atoms with van der Waals surface area (Å²) in [7, 11) is 0. The number of carbonyl (C=O) groups is 8. The van der Waals surface area contributed by atoms with Gasteiger partial charge < -0.3 is 65.0 Å². The molecule has 0 saturated heterocycles. The monoisotopic (exact) mass is 1440 g/mol. The van der Waals surface area contributed by atoms with Crippen molar-refractivity contribution < 1.29 is 74.9 Å². The topological polar surface area (TPSA) is 383 Å². The van der Waals surface area contributed by atoms with Gasteiger partial charge in [0.1, 0.15) is 12.1 Å². The third-order valence-electron chi connectivity index (χ3n) is 17.0. The Morgan fingerprint density at radius 1 is 0.360 bits per heavy atom. The first-order valence-corrected chi connectivity index (χ1v) is 38.1. The van der Waals surface area contributed by atoms with Gasteiger partial charge in [-0.15, -0.1) is 0 Å². The Bertz CT molecular complexity index is 2050. The number of halogens is 6. The fraction of sp³-hybridized carbons (Fsp3) is 0.861. The molecule has 0 bridgehead atoms. The maximum Gasteiger partial charge on any atom is 0.490 e. The summed E-state index contributed by atoms with van der Waals surface area (Å²) in [5.41, 5.74) is 27.4. The summed E-state index contributed by atoms with van der Waals surface area (Å²) in [6, 6.07) is -2.13. The average Bonchev–Trinajstić information content (AvgIpc) is 0.896. The second kappa shape index (κ2) is 68.6. The predicted octanol–water partition coefficient (Wildman–Crippen LogP) is 13.9. The molecule has 6 amide bonds. The van der Waals surface area contributed by atoms with E-state index < -0.39 is 54.1 Å². The van der Waals surface area contributed by atoms with E-state index in [4.69, 9.17) is 48.5 Å². The van der Waals surface area contributed by atoms with E-state index in [0.29, 0.717) is 25.7 Å². The third kappa shape index (κ3) is 71.7. The van der Waals surface area contributed by atoms with Crippen molar-refractivity contribution in [2.45, 2.75) is 359 Å². The van der Waals surface area contributed by atoms with E-state index in [-0.39, 0.29) is 94.6 Å². The molecule has 22 nitrogen and oxygen atoms in total. The van der Waals surface area contributed by atoms with Crippen LogP contribution in [0.5, 0.6) is 0 Å². The zero-order chi connectivity index (χ0) is 75.3. The number of nitrogens with one attached hydrogen (secondary N) is 4. The van der Waals surface area contributed by atoms with Crippen LogP contribution >= 0.6 is 0 Å². The highest BCUT2D eigenvalue weighted by atomic mass is 19.4. The lowest BCUT2D eigenvalue weighted by Crippen LogP contribution is -2.53. The number of amides is 6. The number of carboxylic acid groups (broad SMARTS) is 2. The molecule has 0 saturated carbocycles. The zero-order valence-electron chi connectivity index (χ0n) is 61.4. The number of carbonyl (C=O) groups excluding carboxylic acids is 6. The quantitative estimate of drug-likeness (QED) is 0.0117. The third-order valence-corrected chi connectivity index (χ3v) is 17.0. The molecule has 0 heterocycles. The van der Waals surface area contributed by atoms with Gasteiger partial charge in [-0.05, 0) is 38.5 Å². The number of alkyl halides is 6. The van der Waals surface area contributed by atoms with Gasteiger partial charge in [0.2, 0.25) is 35.4 Å². The Labute approximate surface area is 595 Å². The van der Waals surface area contributed by atoms with Crippen LogP contribution in [0.3, 0.4) is 0 Å². The average molecular weight is 1440 g/mol. The molecule has 586 valence electrons. The number of primary amides is 1. The number of carboxylic acids is 2. The Morgan fingerprint density at radius 2 is 0.620 bits per heavy atom. The molecule has 0 radical (unpaired) electrons. The molecule has 0 spiro atoms. The Hall–Kier alpha value is -6.12. The molecular formula is C72H136F6N12O10. The van der Waals surface area contributed by atoms with Gasteiger partial charge in [-0.1, -0.05) is 271 Å². The Kier molecular flexibility index (Phi) is 67.3. The van der Waals surface area contributed by atoms with Gasteiger partial charge in [-0.25, -0.2) is 9.59 Å². The number of hydrogen-bond acceptors (Lipinski definition) is 10.